The topological polar surface area (TPSA) is 61.9 Å². The number of nitrogens with one attached hydrogen (secondary N) is 1. The molecule has 132 valence electrons. The molecule has 1 N–H and O–H groups in total. The van der Waals surface area contributed by atoms with Crippen LogP contribution in [-0.4, -0.2) is 26.4 Å². The number of aromatic amines is 1. The molecule has 1 aromatic carbocycles. The molecule has 1 aliphatic heterocycles. The molecular formula is C19H16F2N4O. The van der Waals surface area contributed by atoms with Crippen molar-refractivity contribution in [3.8, 4) is 11.5 Å². The van der Waals surface area contributed by atoms with E-state index in [1.165, 1.54) is 6.07 Å². The van der Waals surface area contributed by atoms with Crippen LogP contribution in [0.3, 0.4) is 0 Å². The van der Waals surface area contributed by atoms with E-state index in [-0.39, 0.29) is 5.56 Å². The third-order valence-corrected chi connectivity index (χ3v) is 4.45. The summed E-state index contributed by atoms with van der Waals surface area (Å²) in [6.45, 7) is 1.59. The molecule has 0 amide bonds. The Bertz CT molecular complexity index is 1000. The minimum absolute atomic E-state index is 0.150. The van der Waals surface area contributed by atoms with Gasteiger partial charge < -0.3 is 4.98 Å². The predicted molar refractivity (Wildman–Crippen MR) is 92.3 cm³/mol. The lowest BCUT2D eigenvalue weighted by Gasteiger charge is -2.27. The number of nitrogens with zero attached hydrogens (tertiary/aromatic N) is 3. The molecule has 4 rings (SSSR count). The molecule has 1 aliphatic rings. The maximum atomic E-state index is 13.4. The fourth-order valence-corrected chi connectivity index (χ4v) is 3.15. The number of benzene rings is 1. The van der Waals surface area contributed by atoms with Crippen LogP contribution in [0.5, 0.6) is 0 Å². The highest BCUT2D eigenvalue weighted by molar-refractivity contribution is 5.49. The van der Waals surface area contributed by atoms with Crippen molar-refractivity contribution >= 4 is 0 Å². The van der Waals surface area contributed by atoms with Gasteiger partial charge in [-0.1, -0.05) is 12.1 Å². The lowest BCUT2D eigenvalue weighted by atomic mass is 10.1. The van der Waals surface area contributed by atoms with E-state index in [4.69, 9.17) is 0 Å². The molecule has 7 heteroatoms. The van der Waals surface area contributed by atoms with Crippen molar-refractivity contribution in [3.05, 3.63) is 81.4 Å². The minimum atomic E-state index is -0.856. The maximum absolute atomic E-state index is 13.4. The zero-order valence-electron chi connectivity index (χ0n) is 13.9. The van der Waals surface area contributed by atoms with Crippen molar-refractivity contribution in [2.75, 3.05) is 6.54 Å². The van der Waals surface area contributed by atoms with Crippen molar-refractivity contribution in [3.63, 3.8) is 0 Å². The second-order valence-corrected chi connectivity index (χ2v) is 6.26. The molecule has 0 radical (unpaired) electrons. The Balaban J connectivity index is 1.60. The van der Waals surface area contributed by atoms with E-state index in [1.54, 1.807) is 24.4 Å². The van der Waals surface area contributed by atoms with E-state index < -0.39 is 11.6 Å². The molecule has 0 fully saturated rings. The van der Waals surface area contributed by atoms with Crippen LogP contribution in [0.2, 0.25) is 0 Å². The average Bonchev–Trinajstić information content (AvgIpc) is 2.65. The number of hydrogen-bond acceptors (Lipinski definition) is 4. The van der Waals surface area contributed by atoms with Crippen molar-refractivity contribution in [2.45, 2.75) is 19.5 Å². The first-order chi connectivity index (χ1) is 12.6. The maximum Gasteiger partial charge on any atom is 0.254 e. The lowest BCUT2D eigenvalue weighted by Crippen LogP contribution is -2.35. The summed E-state index contributed by atoms with van der Waals surface area (Å²) in [6.07, 6.45) is 2.20. The van der Waals surface area contributed by atoms with E-state index in [0.29, 0.717) is 54.4 Å². The number of H-pyrrole nitrogens is 1. The molecule has 0 spiro atoms. The number of pyridine rings is 1. The molecule has 2 aromatic heterocycles. The van der Waals surface area contributed by atoms with Gasteiger partial charge in [-0.2, -0.15) is 0 Å². The van der Waals surface area contributed by atoms with Crippen LogP contribution >= 0.6 is 0 Å². The normalized spacial score (nSPS) is 14.2. The Morgan fingerprint density at radius 1 is 1.15 bits per heavy atom. The van der Waals surface area contributed by atoms with Crippen LogP contribution in [0.4, 0.5) is 8.78 Å². The molecule has 0 aliphatic carbocycles. The summed E-state index contributed by atoms with van der Waals surface area (Å²) < 4.78 is 26.5. The van der Waals surface area contributed by atoms with Gasteiger partial charge in [-0.25, -0.2) is 13.8 Å². The fraction of sp³-hybridized carbons (Fsp3) is 0.211. The summed E-state index contributed by atoms with van der Waals surface area (Å²) in [7, 11) is 0. The van der Waals surface area contributed by atoms with Gasteiger partial charge in [0.1, 0.15) is 5.69 Å². The van der Waals surface area contributed by atoms with Gasteiger partial charge in [0.25, 0.3) is 5.56 Å². The highest BCUT2D eigenvalue weighted by Gasteiger charge is 2.22. The number of hydrogen-bond donors (Lipinski definition) is 1. The van der Waals surface area contributed by atoms with Gasteiger partial charge in [0.2, 0.25) is 0 Å². The molecule has 26 heavy (non-hydrogen) atoms. The first-order valence-corrected chi connectivity index (χ1v) is 8.30. The van der Waals surface area contributed by atoms with Gasteiger partial charge in [-0.3, -0.25) is 14.7 Å². The van der Waals surface area contributed by atoms with E-state index in [1.807, 2.05) is 6.07 Å². The number of rotatable bonds is 3. The van der Waals surface area contributed by atoms with Crippen molar-refractivity contribution in [1.29, 1.82) is 0 Å². The van der Waals surface area contributed by atoms with Crippen LogP contribution < -0.4 is 5.56 Å². The largest absolute Gasteiger partial charge is 0.305 e. The van der Waals surface area contributed by atoms with Crippen molar-refractivity contribution in [2.24, 2.45) is 0 Å². The summed E-state index contributed by atoms with van der Waals surface area (Å²) in [6, 6.07) is 9.31. The number of halogens is 2. The molecule has 0 bridgehead atoms. The average molecular weight is 354 g/mol. The van der Waals surface area contributed by atoms with Gasteiger partial charge in [-0.15, -0.1) is 0 Å². The standard InChI is InChI=1S/C19H16F2N4O/c20-14-5-4-12(9-15(14)21)10-25-8-6-13-17(11-25)23-18(24-19(13)26)16-3-1-2-7-22-16/h1-5,7,9H,6,8,10-11H2,(H,23,24,26). The summed E-state index contributed by atoms with van der Waals surface area (Å²) in [4.78, 5) is 26.0. The van der Waals surface area contributed by atoms with Crippen LogP contribution in [0.25, 0.3) is 11.5 Å². The summed E-state index contributed by atoms with van der Waals surface area (Å²) >= 11 is 0. The van der Waals surface area contributed by atoms with Crippen molar-refractivity contribution in [1.82, 2.24) is 19.9 Å². The molecule has 0 saturated heterocycles. The molecule has 3 aromatic rings. The monoisotopic (exact) mass is 354 g/mol. The lowest BCUT2D eigenvalue weighted by molar-refractivity contribution is 0.240. The van der Waals surface area contributed by atoms with E-state index >= 15 is 0 Å². The first-order valence-electron chi connectivity index (χ1n) is 8.30. The number of aromatic nitrogens is 3. The van der Waals surface area contributed by atoms with Crippen LogP contribution in [0, 0.1) is 11.6 Å². The van der Waals surface area contributed by atoms with E-state index in [2.05, 4.69) is 19.9 Å². The highest BCUT2D eigenvalue weighted by atomic mass is 19.2. The Labute approximate surface area is 148 Å². The van der Waals surface area contributed by atoms with Gasteiger partial charge in [-0.05, 0) is 36.2 Å². The molecule has 5 nitrogen and oxygen atoms in total. The summed E-state index contributed by atoms with van der Waals surface area (Å²) in [5, 5.41) is 0. The zero-order valence-corrected chi connectivity index (χ0v) is 13.9. The molecule has 0 saturated carbocycles. The Morgan fingerprint density at radius 3 is 2.81 bits per heavy atom. The Hall–Kier alpha value is -2.93. The summed E-state index contributed by atoms with van der Waals surface area (Å²) in [5.41, 5.74) is 2.50. The molecule has 0 unspecified atom stereocenters. The highest BCUT2D eigenvalue weighted by Crippen LogP contribution is 2.19. The van der Waals surface area contributed by atoms with Crippen molar-refractivity contribution < 1.29 is 8.78 Å². The predicted octanol–water partition coefficient (Wildman–Crippen LogP) is 2.67. The van der Waals surface area contributed by atoms with Gasteiger partial charge in [0, 0.05) is 31.4 Å². The van der Waals surface area contributed by atoms with Crippen LogP contribution in [-0.2, 0) is 19.5 Å². The first kappa shape index (κ1) is 16.5. The molecular weight excluding hydrogens is 338 g/mol. The van der Waals surface area contributed by atoms with Gasteiger partial charge in [0.15, 0.2) is 17.5 Å². The smallest absolute Gasteiger partial charge is 0.254 e. The quantitative estimate of drug-likeness (QED) is 0.786. The number of fused-ring (bicyclic) bond motifs is 1. The van der Waals surface area contributed by atoms with Crippen LogP contribution in [0.15, 0.2) is 47.4 Å². The molecule has 0 atom stereocenters. The second-order valence-electron chi connectivity index (χ2n) is 6.26. The molecule has 3 heterocycles. The second kappa shape index (κ2) is 6.76. The Kier molecular flexibility index (Phi) is 4.30. The fourth-order valence-electron chi connectivity index (χ4n) is 3.15. The zero-order chi connectivity index (χ0) is 18.1. The van der Waals surface area contributed by atoms with E-state index in [0.717, 1.165) is 6.07 Å². The minimum Gasteiger partial charge on any atom is -0.305 e. The van der Waals surface area contributed by atoms with Gasteiger partial charge >= 0.3 is 0 Å². The SMILES string of the molecule is O=c1[nH]c(-c2ccccn2)nc2c1CCN(Cc1ccc(F)c(F)c1)C2. The third kappa shape index (κ3) is 3.25. The van der Waals surface area contributed by atoms with E-state index in [9.17, 15) is 13.6 Å². The third-order valence-electron chi connectivity index (χ3n) is 4.45. The Morgan fingerprint density at radius 2 is 2.04 bits per heavy atom. The van der Waals surface area contributed by atoms with Crippen LogP contribution in [0.1, 0.15) is 16.8 Å². The van der Waals surface area contributed by atoms with Gasteiger partial charge in [0.05, 0.1) is 5.69 Å². The summed E-state index contributed by atoms with van der Waals surface area (Å²) in [5.74, 6) is -1.28.